The van der Waals surface area contributed by atoms with Gasteiger partial charge in [-0.1, -0.05) is 0 Å². The first kappa shape index (κ1) is 12.0. The number of aromatic nitrogens is 2. The molecule has 1 amide bonds. The Hall–Kier alpha value is -2.05. The van der Waals surface area contributed by atoms with Gasteiger partial charge in [-0.2, -0.15) is 5.10 Å². The van der Waals surface area contributed by atoms with Gasteiger partial charge in [-0.3, -0.25) is 14.3 Å². The zero-order chi connectivity index (χ0) is 12.1. The maximum absolute atomic E-state index is 11.5. The van der Waals surface area contributed by atoms with Gasteiger partial charge in [0.15, 0.2) is 5.69 Å². The minimum atomic E-state index is -0.401. The summed E-state index contributed by atoms with van der Waals surface area (Å²) >= 11 is 0. The predicted octanol–water partition coefficient (Wildman–Crippen LogP) is -0.705. The summed E-state index contributed by atoms with van der Waals surface area (Å²) < 4.78 is 5.88. The van der Waals surface area contributed by atoms with Gasteiger partial charge in [0.1, 0.15) is 0 Å². The third-order valence-corrected chi connectivity index (χ3v) is 1.91. The van der Waals surface area contributed by atoms with Crippen molar-refractivity contribution in [2.24, 2.45) is 7.05 Å². The molecule has 0 bridgehead atoms. The van der Waals surface area contributed by atoms with Crippen LogP contribution in [0.25, 0.3) is 0 Å². The third-order valence-electron chi connectivity index (χ3n) is 1.91. The number of nitrogens with zero attached hydrogens (tertiary/aromatic N) is 2. The van der Waals surface area contributed by atoms with Crippen molar-refractivity contribution in [3.8, 4) is 0 Å². The normalized spacial score (nSPS) is 9.88. The highest BCUT2D eigenvalue weighted by atomic mass is 16.5. The molecule has 0 aromatic carbocycles. The molecule has 16 heavy (non-hydrogen) atoms. The van der Waals surface area contributed by atoms with Crippen molar-refractivity contribution in [3.63, 3.8) is 0 Å². The minimum absolute atomic E-state index is 0.120. The number of nitrogens with one attached hydrogen (secondary N) is 1. The highest BCUT2D eigenvalue weighted by Crippen LogP contribution is 2.07. The number of rotatable bonds is 4. The summed E-state index contributed by atoms with van der Waals surface area (Å²) in [5.74, 6) is -0.781. The van der Waals surface area contributed by atoms with Crippen LogP contribution >= 0.6 is 0 Å². The van der Waals surface area contributed by atoms with E-state index in [1.807, 2.05) is 0 Å². The molecule has 7 nitrogen and oxygen atoms in total. The Labute approximate surface area is 92.6 Å². The Kier molecular flexibility index (Phi) is 3.87. The first-order chi connectivity index (χ1) is 7.54. The number of aryl methyl sites for hydroxylation is 1. The maximum Gasteiger partial charge on any atom is 0.307 e. The second-order valence-corrected chi connectivity index (χ2v) is 3.19. The Morgan fingerprint density at radius 3 is 2.81 bits per heavy atom. The van der Waals surface area contributed by atoms with Crippen LogP contribution in [-0.4, -0.2) is 35.3 Å². The van der Waals surface area contributed by atoms with Crippen molar-refractivity contribution < 1.29 is 14.3 Å². The molecule has 0 radical (unpaired) electrons. The average Bonchev–Trinajstić information content (AvgIpc) is 2.57. The molecule has 1 aromatic heterocycles. The zero-order valence-corrected chi connectivity index (χ0v) is 9.19. The van der Waals surface area contributed by atoms with E-state index >= 15 is 0 Å². The van der Waals surface area contributed by atoms with Crippen LogP contribution in [0.2, 0.25) is 0 Å². The summed E-state index contributed by atoms with van der Waals surface area (Å²) in [6.07, 6.45) is 1.66. The zero-order valence-electron chi connectivity index (χ0n) is 9.19. The fourth-order valence-electron chi connectivity index (χ4n) is 1.15. The molecule has 0 spiro atoms. The van der Waals surface area contributed by atoms with Gasteiger partial charge < -0.3 is 15.8 Å². The molecule has 3 N–H and O–H groups in total. The summed E-state index contributed by atoms with van der Waals surface area (Å²) in [5.41, 5.74) is 6.03. The monoisotopic (exact) mass is 226 g/mol. The Morgan fingerprint density at radius 1 is 1.62 bits per heavy atom. The van der Waals surface area contributed by atoms with Crippen molar-refractivity contribution in [3.05, 3.63) is 11.9 Å². The third kappa shape index (κ3) is 2.97. The van der Waals surface area contributed by atoms with E-state index in [4.69, 9.17) is 5.73 Å². The van der Waals surface area contributed by atoms with Gasteiger partial charge in [-0.25, -0.2) is 0 Å². The SMILES string of the molecule is COC(=O)CCNC(=O)c1nn(C)cc1N. The van der Waals surface area contributed by atoms with Gasteiger partial charge in [0, 0.05) is 19.8 Å². The first-order valence-corrected chi connectivity index (χ1v) is 4.68. The fraction of sp³-hybridized carbons (Fsp3) is 0.444. The summed E-state index contributed by atoms with van der Waals surface area (Å²) in [5, 5.41) is 6.41. The number of nitrogens with two attached hydrogens (primary N) is 1. The van der Waals surface area contributed by atoms with E-state index in [1.54, 1.807) is 7.05 Å². The summed E-state index contributed by atoms with van der Waals surface area (Å²) in [6.45, 7) is 0.196. The molecule has 0 aliphatic rings. The molecular formula is C9H14N4O3. The van der Waals surface area contributed by atoms with Crippen LogP contribution in [0.5, 0.6) is 0 Å². The molecule has 0 fully saturated rings. The Morgan fingerprint density at radius 2 is 2.31 bits per heavy atom. The lowest BCUT2D eigenvalue weighted by atomic mass is 10.3. The molecule has 1 rings (SSSR count). The molecule has 0 aliphatic carbocycles. The standard InChI is InChI=1S/C9H14N4O3/c1-13-5-6(10)8(12-13)9(15)11-4-3-7(14)16-2/h5H,3-4,10H2,1-2H3,(H,11,15). The molecule has 88 valence electrons. The first-order valence-electron chi connectivity index (χ1n) is 4.68. The smallest absolute Gasteiger partial charge is 0.307 e. The van der Waals surface area contributed by atoms with Crippen molar-refractivity contribution in [2.75, 3.05) is 19.4 Å². The highest BCUT2D eigenvalue weighted by Gasteiger charge is 2.13. The lowest BCUT2D eigenvalue weighted by Crippen LogP contribution is -2.27. The number of hydrogen-bond donors (Lipinski definition) is 2. The molecule has 0 unspecified atom stereocenters. The summed E-state index contributed by atoms with van der Waals surface area (Å²) in [7, 11) is 2.96. The lowest BCUT2D eigenvalue weighted by Gasteiger charge is -2.02. The van der Waals surface area contributed by atoms with Crippen molar-refractivity contribution in [2.45, 2.75) is 6.42 Å². The largest absolute Gasteiger partial charge is 0.469 e. The van der Waals surface area contributed by atoms with E-state index in [0.29, 0.717) is 5.69 Å². The van der Waals surface area contributed by atoms with E-state index < -0.39 is 5.91 Å². The number of carbonyl (C=O) groups is 2. The van der Waals surface area contributed by atoms with Crippen LogP contribution in [0, 0.1) is 0 Å². The van der Waals surface area contributed by atoms with E-state index in [0.717, 1.165) is 0 Å². The molecule has 0 aliphatic heterocycles. The molecule has 1 aromatic rings. The maximum atomic E-state index is 11.5. The van der Waals surface area contributed by atoms with Gasteiger partial charge >= 0.3 is 5.97 Å². The van der Waals surface area contributed by atoms with E-state index in [-0.39, 0.29) is 24.6 Å². The minimum Gasteiger partial charge on any atom is -0.469 e. The number of hydrogen-bond acceptors (Lipinski definition) is 5. The predicted molar refractivity (Wildman–Crippen MR) is 56.6 cm³/mol. The average molecular weight is 226 g/mol. The van der Waals surface area contributed by atoms with Crippen LogP contribution in [0.15, 0.2) is 6.20 Å². The van der Waals surface area contributed by atoms with Crippen LogP contribution < -0.4 is 11.1 Å². The van der Waals surface area contributed by atoms with Crippen LogP contribution in [0.1, 0.15) is 16.9 Å². The Balaban J connectivity index is 2.47. The van der Waals surface area contributed by atoms with Gasteiger partial charge in [-0.15, -0.1) is 0 Å². The number of nitrogen functional groups attached to an aromatic ring is 1. The number of methoxy groups -OCH3 is 1. The van der Waals surface area contributed by atoms with Gasteiger partial charge in [0.25, 0.3) is 5.91 Å². The van der Waals surface area contributed by atoms with Crippen molar-refractivity contribution >= 4 is 17.6 Å². The topological polar surface area (TPSA) is 99.2 Å². The molecule has 7 heteroatoms. The molecule has 0 atom stereocenters. The second kappa shape index (κ2) is 5.15. The van der Waals surface area contributed by atoms with E-state index in [9.17, 15) is 9.59 Å². The van der Waals surface area contributed by atoms with Gasteiger partial charge in [-0.05, 0) is 0 Å². The summed E-state index contributed by atoms with van der Waals surface area (Å²) in [4.78, 5) is 22.3. The quantitative estimate of drug-likeness (QED) is 0.661. The van der Waals surface area contributed by atoms with Gasteiger partial charge in [0.2, 0.25) is 0 Å². The van der Waals surface area contributed by atoms with Crippen LogP contribution in [0.4, 0.5) is 5.69 Å². The fourth-order valence-corrected chi connectivity index (χ4v) is 1.15. The molecular weight excluding hydrogens is 212 g/mol. The van der Waals surface area contributed by atoms with Gasteiger partial charge in [0.05, 0.1) is 19.2 Å². The molecule has 0 saturated heterocycles. The van der Waals surface area contributed by atoms with E-state index in [2.05, 4.69) is 15.2 Å². The molecule has 1 heterocycles. The number of anilines is 1. The second-order valence-electron chi connectivity index (χ2n) is 3.19. The number of esters is 1. The lowest BCUT2D eigenvalue weighted by molar-refractivity contribution is -0.140. The summed E-state index contributed by atoms with van der Waals surface area (Å²) in [6, 6.07) is 0. The number of carbonyl (C=O) groups excluding carboxylic acids is 2. The van der Waals surface area contributed by atoms with Crippen LogP contribution in [-0.2, 0) is 16.6 Å². The highest BCUT2D eigenvalue weighted by molar-refractivity contribution is 5.97. The molecule has 0 saturated carbocycles. The van der Waals surface area contributed by atoms with Crippen LogP contribution in [0.3, 0.4) is 0 Å². The van der Waals surface area contributed by atoms with Crippen molar-refractivity contribution in [1.82, 2.24) is 15.1 Å². The van der Waals surface area contributed by atoms with E-state index in [1.165, 1.54) is 18.0 Å². The number of amides is 1. The number of ether oxygens (including phenoxy) is 1. The Bertz CT molecular complexity index is 399. The van der Waals surface area contributed by atoms with Crippen molar-refractivity contribution in [1.29, 1.82) is 0 Å².